The summed E-state index contributed by atoms with van der Waals surface area (Å²) in [5, 5.41) is 15.9. The number of rotatable bonds is 10. The Morgan fingerprint density at radius 1 is 0.897 bits per heavy atom. The van der Waals surface area contributed by atoms with Gasteiger partial charge in [-0.3, -0.25) is 0 Å². The summed E-state index contributed by atoms with van der Waals surface area (Å²) in [4.78, 5) is 15.3. The number of pyridine rings is 1. The Bertz CT molecular complexity index is 1380. The van der Waals surface area contributed by atoms with E-state index in [0.717, 1.165) is 0 Å². The molecule has 9 heteroatoms. The lowest BCUT2D eigenvalue weighted by Gasteiger charge is -2.44. The molecule has 0 aliphatic heterocycles. The van der Waals surface area contributed by atoms with Crippen molar-refractivity contribution in [3.63, 3.8) is 0 Å². The lowest BCUT2D eigenvalue weighted by Crippen LogP contribution is -2.67. The molecule has 7 nitrogen and oxygen atoms in total. The van der Waals surface area contributed by atoms with Gasteiger partial charge < -0.3 is 14.3 Å². The van der Waals surface area contributed by atoms with Crippen molar-refractivity contribution in [2.45, 2.75) is 39.7 Å². The van der Waals surface area contributed by atoms with E-state index in [1.54, 1.807) is 18.3 Å². The van der Waals surface area contributed by atoms with Gasteiger partial charge in [-0.1, -0.05) is 107 Å². The fourth-order valence-corrected chi connectivity index (χ4v) is 9.59. The molecule has 39 heavy (non-hydrogen) atoms. The number of carboxylic acid groups (broad SMARTS) is 1. The van der Waals surface area contributed by atoms with Gasteiger partial charge in [0, 0.05) is 24.3 Å². The second-order valence-corrected chi connectivity index (χ2v) is 16.0. The molecule has 0 atom stereocenters. The van der Waals surface area contributed by atoms with Crippen molar-refractivity contribution in [3.05, 3.63) is 95.8 Å². The molecule has 0 amide bonds. The van der Waals surface area contributed by atoms with Gasteiger partial charge in [0.05, 0.1) is 12.2 Å². The molecule has 2 aromatic carbocycles. The number of carboxylic acids is 1. The first-order valence-corrected chi connectivity index (χ1v) is 15.1. The number of benzene rings is 2. The molecule has 0 bridgehead atoms. The Hall–Kier alpha value is -3.46. The molecule has 1 N–H and O–H groups in total. The first-order chi connectivity index (χ1) is 18.4. The number of aromatic nitrogens is 3. The summed E-state index contributed by atoms with van der Waals surface area (Å²) in [6, 6.07) is 25.8. The average Bonchev–Trinajstić information content (AvgIpc) is 3.37. The Morgan fingerprint density at radius 3 is 2.00 bits per heavy atom. The average molecular weight is 564 g/mol. The van der Waals surface area contributed by atoms with Crippen LogP contribution in [0.1, 0.15) is 45.0 Å². The highest BCUT2D eigenvalue weighted by atomic mass is 35.5. The molecule has 204 valence electrons. The predicted octanol–water partition coefficient (Wildman–Crippen LogP) is 5.60. The molecule has 2 aromatic heterocycles. The number of hydrogen-bond acceptors (Lipinski definition) is 5. The topological polar surface area (TPSA) is 86.5 Å². The summed E-state index contributed by atoms with van der Waals surface area (Å²) in [7, 11) is -2.66. The van der Waals surface area contributed by atoms with Crippen molar-refractivity contribution in [1.82, 2.24) is 14.8 Å². The van der Waals surface area contributed by atoms with E-state index in [1.807, 2.05) is 12.1 Å². The normalized spacial score (nSPS) is 12.4. The maximum absolute atomic E-state index is 11.2. The van der Waals surface area contributed by atoms with E-state index in [1.165, 1.54) is 21.1 Å². The summed E-state index contributed by atoms with van der Waals surface area (Å²) in [6.45, 7) is 11.9. The molecule has 0 fully saturated rings. The molecule has 0 spiro atoms. The Labute approximate surface area is 235 Å². The van der Waals surface area contributed by atoms with Gasteiger partial charge in [0.1, 0.15) is 5.15 Å². The van der Waals surface area contributed by atoms with Crippen molar-refractivity contribution in [2.75, 3.05) is 13.2 Å². The smallest absolute Gasteiger partial charge is 0.338 e. The zero-order chi connectivity index (χ0) is 28.3. The minimum atomic E-state index is -2.66. The molecule has 4 rings (SSSR count). The summed E-state index contributed by atoms with van der Waals surface area (Å²) < 4.78 is 14.7. The summed E-state index contributed by atoms with van der Waals surface area (Å²) in [5.74, 6) is -0.311. The van der Waals surface area contributed by atoms with Gasteiger partial charge in [0.25, 0.3) is 8.32 Å². The van der Waals surface area contributed by atoms with E-state index in [0.29, 0.717) is 24.9 Å². The first kappa shape index (κ1) is 28.5. The Morgan fingerprint density at radius 2 is 1.49 bits per heavy atom. The molecule has 0 saturated carbocycles. The fraction of sp³-hybridized carbons (Fsp3) is 0.300. The zero-order valence-corrected chi connectivity index (χ0v) is 24.6. The second-order valence-electron chi connectivity index (χ2n) is 11.3. The molecule has 0 aliphatic carbocycles. The predicted molar refractivity (Wildman–Crippen MR) is 156 cm³/mol. The van der Waals surface area contributed by atoms with Crippen LogP contribution in [-0.2, 0) is 4.43 Å². The van der Waals surface area contributed by atoms with Crippen LogP contribution in [0.15, 0.2) is 85.1 Å². The van der Waals surface area contributed by atoms with E-state index in [2.05, 4.69) is 93.2 Å². The van der Waals surface area contributed by atoms with Gasteiger partial charge in [0.2, 0.25) is 5.88 Å². The molecular formula is C30H34ClN3O4Si. The van der Waals surface area contributed by atoms with E-state index in [-0.39, 0.29) is 21.2 Å². The van der Waals surface area contributed by atoms with Gasteiger partial charge in [0.15, 0.2) is 5.82 Å². The van der Waals surface area contributed by atoms with Crippen LogP contribution in [0.25, 0.3) is 5.82 Å². The van der Waals surface area contributed by atoms with Crippen LogP contribution in [0, 0.1) is 5.41 Å². The largest absolute Gasteiger partial charge is 0.478 e. The molecule has 2 heterocycles. The number of aromatic carboxylic acids is 1. The van der Waals surface area contributed by atoms with Gasteiger partial charge in [-0.15, -0.1) is 5.10 Å². The summed E-state index contributed by atoms with van der Waals surface area (Å²) in [5.41, 5.74) is -0.381. The van der Waals surface area contributed by atoms with E-state index < -0.39 is 14.3 Å². The van der Waals surface area contributed by atoms with Gasteiger partial charge in [-0.2, -0.15) is 0 Å². The molecule has 0 aliphatic rings. The van der Waals surface area contributed by atoms with Crippen molar-refractivity contribution in [2.24, 2.45) is 5.41 Å². The molecular weight excluding hydrogens is 530 g/mol. The highest BCUT2D eigenvalue weighted by Crippen LogP contribution is 2.38. The molecule has 0 radical (unpaired) electrons. The van der Waals surface area contributed by atoms with Crippen molar-refractivity contribution in [3.8, 4) is 11.7 Å². The SMILES string of the molecule is CC(C)(COc1ccn(-c2ccc(C(=O)O)c(Cl)n2)n1)CO[Si](c1ccccc1)(c1ccccc1)C(C)(C)C. The minimum absolute atomic E-state index is 0.0633. The third kappa shape index (κ3) is 6.24. The van der Waals surface area contributed by atoms with Crippen LogP contribution in [0.2, 0.25) is 10.2 Å². The highest BCUT2D eigenvalue weighted by molar-refractivity contribution is 6.99. The van der Waals surface area contributed by atoms with Crippen LogP contribution in [0.3, 0.4) is 0 Å². The second kappa shape index (κ2) is 11.3. The van der Waals surface area contributed by atoms with Crippen LogP contribution in [0.4, 0.5) is 0 Å². The maximum Gasteiger partial charge on any atom is 0.338 e. The van der Waals surface area contributed by atoms with Crippen LogP contribution < -0.4 is 15.1 Å². The maximum atomic E-state index is 11.2. The van der Waals surface area contributed by atoms with Gasteiger partial charge in [-0.05, 0) is 27.5 Å². The van der Waals surface area contributed by atoms with Crippen molar-refractivity contribution in [1.29, 1.82) is 0 Å². The Kier molecular flexibility index (Phi) is 8.30. The lowest BCUT2D eigenvalue weighted by atomic mass is 9.97. The minimum Gasteiger partial charge on any atom is -0.478 e. The van der Waals surface area contributed by atoms with Gasteiger partial charge in [-0.25, -0.2) is 14.5 Å². The van der Waals surface area contributed by atoms with Crippen LogP contribution >= 0.6 is 11.6 Å². The van der Waals surface area contributed by atoms with E-state index in [9.17, 15) is 9.90 Å². The summed E-state index contributed by atoms with van der Waals surface area (Å²) >= 11 is 6.02. The van der Waals surface area contributed by atoms with Crippen LogP contribution in [0.5, 0.6) is 5.88 Å². The summed E-state index contributed by atoms with van der Waals surface area (Å²) in [6.07, 6.45) is 1.69. The van der Waals surface area contributed by atoms with E-state index >= 15 is 0 Å². The number of nitrogens with zero attached hydrogens (tertiary/aromatic N) is 3. The standard InChI is InChI=1S/C30H34ClN3O4Si/c1-29(2,3)39(22-12-8-6-9-13-22,23-14-10-7-11-15-23)38-21-30(4,5)20-37-26-18-19-34(33-26)25-17-16-24(28(35)36)27(31)32-25/h6-19H,20-21H2,1-5H3,(H,35,36). The first-order valence-electron chi connectivity index (χ1n) is 12.8. The van der Waals surface area contributed by atoms with Crippen molar-refractivity contribution >= 4 is 36.3 Å². The molecule has 0 unspecified atom stereocenters. The Balaban J connectivity index is 1.52. The fourth-order valence-electron chi connectivity index (χ4n) is 4.60. The third-order valence-electron chi connectivity index (χ3n) is 6.57. The quantitative estimate of drug-likeness (QED) is 0.200. The zero-order valence-electron chi connectivity index (χ0n) is 22.9. The number of carbonyl (C=O) groups is 1. The molecule has 4 aromatic rings. The molecule has 0 saturated heterocycles. The number of ether oxygens (including phenoxy) is 1. The third-order valence-corrected chi connectivity index (χ3v) is 11.8. The van der Waals surface area contributed by atoms with E-state index in [4.69, 9.17) is 20.8 Å². The number of hydrogen-bond donors (Lipinski definition) is 1. The van der Waals surface area contributed by atoms with Gasteiger partial charge >= 0.3 is 5.97 Å². The van der Waals surface area contributed by atoms with Crippen LogP contribution in [-0.4, -0.2) is 47.4 Å². The lowest BCUT2D eigenvalue weighted by molar-refractivity contribution is 0.0696. The highest BCUT2D eigenvalue weighted by Gasteiger charge is 2.50. The van der Waals surface area contributed by atoms with Crippen molar-refractivity contribution < 1.29 is 19.1 Å². The monoisotopic (exact) mass is 563 g/mol. The number of halogens is 1.